The van der Waals surface area contributed by atoms with Crippen LogP contribution in [-0.4, -0.2) is 17.0 Å². The van der Waals surface area contributed by atoms with Crippen LogP contribution >= 0.6 is 0 Å². The Morgan fingerprint density at radius 1 is 0.966 bits per heavy atom. The molecule has 0 bridgehead atoms. The van der Waals surface area contributed by atoms with Crippen molar-refractivity contribution in [2.75, 3.05) is 6.61 Å². The highest BCUT2D eigenvalue weighted by Gasteiger charge is 2.17. The quantitative estimate of drug-likeness (QED) is 0.397. The fourth-order valence-corrected chi connectivity index (χ4v) is 3.64. The number of carbonyl (C=O) groups excluding carboxylic acids is 1. The molecular weight excluding hydrogens is 365 g/mol. The van der Waals surface area contributed by atoms with E-state index in [-0.39, 0.29) is 18.2 Å². The number of rotatable bonds is 6. The average molecular weight is 387 g/mol. The zero-order chi connectivity index (χ0) is 20.4. The molecule has 0 spiro atoms. The first-order chi connectivity index (χ1) is 14.0. The number of ketones is 1. The highest BCUT2D eigenvalue weighted by atomic mass is 19.1. The molecule has 0 aliphatic heterocycles. The van der Waals surface area contributed by atoms with E-state index in [1.54, 1.807) is 12.1 Å². The van der Waals surface area contributed by atoms with Gasteiger partial charge in [0.15, 0.2) is 6.61 Å². The molecule has 1 aromatic heterocycles. The van der Waals surface area contributed by atoms with Gasteiger partial charge in [0, 0.05) is 28.9 Å². The minimum Gasteiger partial charge on any atom is -0.485 e. The zero-order valence-corrected chi connectivity index (χ0v) is 16.5. The van der Waals surface area contributed by atoms with Gasteiger partial charge in [-0.3, -0.25) is 4.79 Å². The number of aromatic nitrogens is 1. The fraction of sp³-hybridized carbons (Fsp3) is 0.160. The van der Waals surface area contributed by atoms with Crippen LogP contribution < -0.4 is 4.74 Å². The molecule has 4 heteroatoms. The van der Waals surface area contributed by atoms with E-state index in [2.05, 4.69) is 4.57 Å². The molecule has 0 atom stereocenters. The Labute approximate surface area is 169 Å². The van der Waals surface area contributed by atoms with Gasteiger partial charge in [-0.15, -0.1) is 0 Å². The van der Waals surface area contributed by atoms with Gasteiger partial charge in [0.2, 0.25) is 5.78 Å². The Balaban J connectivity index is 1.52. The average Bonchev–Trinajstić information content (AvgIpc) is 3.02. The third-order valence-electron chi connectivity index (χ3n) is 5.24. The molecule has 0 radical (unpaired) electrons. The molecule has 4 rings (SSSR count). The maximum Gasteiger partial charge on any atom is 0.202 e. The highest BCUT2D eigenvalue weighted by Crippen LogP contribution is 2.25. The first-order valence-electron chi connectivity index (χ1n) is 9.58. The van der Waals surface area contributed by atoms with E-state index in [9.17, 15) is 9.18 Å². The summed E-state index contributed by atoms with van der Waals surface area (Å²) in [6.45, 7) is 4.48. The number of hydrogen-bond donors (Lipinski definition) is 0. The molecule has 0 saturated carbocycles. The molecule has 29 heavy (non-hydrogen) atoms. The van der Waals surface area contributed by atoms with E-state index in [1.165, 1.54) is 12.1 Å². The van der Waals surface area contributed by atoms with E-state index < -0.39 is 0 Å². The van der Waals surface area contributed by atoms with E-state index >= 15 is 0 Å². The van der Waals surface area contributed by atoms with Gasteiger partial charge in [0.05, 0.1) is 0 Å². The number of halogens is 1. The summed E-state index contributed by atoms with van der Waals surface area (Å²) in [5.74, 6) is 0.393. The van der Waals surface area contributed by atoms with Crippen molar-refractivity contribution in [2.24, 2.45) is 0 Å². The van der Waals surface area contributed by atoms with Gasteiger partial charge in [-0.2, -0.15) is 0 Å². The summed E-state index contributed by atoms with van der Waals surface area (Å²) >= 11 is 0. The minimum atomic E-state index is -0.254. The lowest BCUT2D eigenvalue weighted by molar-refractivity contribution is 0.0922. The van der Waals surface area contributed by atoms with E-state index in [0.717, 1.165) is 27.7 Å². The van der Waals surface area contributed by atoms with Gasteiger partial charge in [-0.25, -0.2) is 4.39 Å². The normalized spacial score (nSPS) is 11.0. The highest BCUT2D eigenvalue weighted by molar-refractivity contribution is 5.99. The fourth-order valence-electron chi connectivity index (χ4n) is 3.64. The number of benzene rings is 3. The van der Waals surface area contributed by atoms with Crippen molar-refractivity contribution in [1.29, 1.82) is 0 Å². The van der Waals surface area contributed by atoms with Crippen molar-refractivity contribution in [3.05, 3.63) is 101 Å². The summed E-state index contributed by atoms with van der Waals surface area (Å²) in [5, 5.41) is 2.07. The SMILES string of the molecule is Cc1cc(C(=O)COc2cccc3ccccc23)c(C)n1Cc1ccc(F)cc1. The lowest BCUT2D eigenvalue weighted by atomic mass is 10.1. The van der Waals surface area contributed by atoms with Gasteiger partial charge in [-0.05, 0) is 49.1 Å². The standard InChI is InChI=1S/C25H22FNO2/c1-17-14-23(18(2)27(17)15-19-10-12-21(26)13-11-19)24(28)16-29-25-9-5-7-20-6-3-4-8-22(20)25/h3-14H,15-16H2,1-2H3. The number of ether oxygens (including phenoxy) is 1. The van der Waals surface area contributed by atoms with Crippen molar-refractivity contribution < 1.29 is 13.9 Å². The first kappa shape index (κ1) is 18.9. The molecule has 0 aliphatic rings. The first-order valence-corrected chi connectivity index (χ1v) is 9.58. The monoisotopic (exact) mass is 387 g/mol. The molecule has 0 N–H and O–H groups in total. The van der Waals surface area contributed by atoms with Crippen LogP contribution in [-0.2, 0) is 6.54 Å². The van der Waals surface area contributed by atoms with Crippen molar-refractivity contribution >= 4 is 16.6 Å². The molecule has 3 aromatic carbocycles. The summed E-state index contributed by atoms with van der Waals surface area (Å²) in [4.78, 5) is 12.8. The number of fused-ring (bicyclic) bond motifs is 1. The Morgan fingerprint density at radius 3 is 2.48 bits per heavy atom. The van der Waals surface area contributed by atoms with Crippen LogP contribution in [0.4, 0.5) is 4.39 Å². The molecular formula is C25H22FNO2. The molecule has 1 heterocycles. The Bertz CT molecular complexity index is 1170. The molecule has 146 valence electrons. The van der Waals surface area contributed by atoms with Gasteiger partial charge in [-0.1, -0.05) is 48.5 Å². The summed E-state index contributed by atoms with van der Waals surface area (Å²) < 4.78 is 21.1. The summed E-state index contributed by atoms with van der Waals surface area (Å²) in [7, 11) is 0. The number of Topliss-reactive ketones (excluding diaryl/α,β-unsaturated/α-hetero) is 1. The summed E-state index contributed by atoms with van der Waals surface area (Å²) in [6, 6.07) is 22.1. The zero-order valence-electron chi connectivity index (χ0n) is 16.5. The maximum atomic E-state index is 13.2. The van der Waals surface area contributed by atoms with Crippen LogP contribution in [0.1, 0.15) is 27.3 Å². The maximum absolute atomic E-state index is 13.2. The van der Waals surface area contributed by atoms with Gasteiger partial charge >= 0.3 is 0 Å². The number of nitrogens with zero attached hydrogens (tertiary/aromatic N) is 1. The predicted molar refractivity (Wildman–Crippen MR) is 113 cm³/mol. The number of hydrogen-bond acceptors (Lipinski definition) is 2. The predicted octanol–water partition coefficient (Wildman–Crippen LogP) is 5.71. The van der Waals surface area contributed by atoms with Crippen molar-refractivity contribution in [1.82, 2.24) is 4.57 Å². The lowest BCUT2D eigenvalue weighted by Gasteiger charge is -2.11. The van der Waals surface area contributed by atoms with Gasteiger partial charge in [0.1, 0.15) is 11.6 Å². The summed E-state index contributed by atoms with van der Waals surface area (Å²) in [6.07, 6.45) is 0. The van der Waals surface area contributed by atoms with Gasteiger partial charge in [0.25, 0.3) is 0 Å². The molecule has 0 amide bonds. The molecule has 0 aliphatic carbocycles. The third kappa shape index (κ3) is 3.92. The smallest absolute Gasteiger partial charge is 0.202 e. The van der Waals surface area contributed by atoms with E-state index in [4.69, 9.17) is 4.74 Å². The van der Waals surface area contributed by atoms with Crippen LogP contribution in [0, 0.1) is 19.7 Å². The van der Waals surface area contributed by atoms with Crippen LogP contribution in [0.3, 0.4) is 0 Å². The molecule has 4 aromatic rings. The Morgan fingerprint density at radius 2 is 1.69 bits per heavy atom. The van der Waals surface area contributed by atoms with Crippen molar-refractivity contribution in [3.8, 4) is 5.75 Å². The van der Waals surface area contributed by atoms with E-state index in [0.29, 0.717) is 17.9 Å². The Hall–Kier alpha value is -3.40. The topological polar surface area (TPSA) is 31.2 Å². The van der Waals surface area contributed by atoms with Crippen molar-refractivity contribution in [3.63, 3.8) is 0 Å². The molecule has 3 nitrogen and oxygen atoms in total. The third-order valence-corrected chi connectivity index (χ3v) is 5.24. The van der Waals surface area contributed by atoms with Crippen LogP contribution in [0.25, 0.3) is 10.8 Å². The number of carbonyl (C=O) groups is 1. The molecule has 0 saturated heterocycles. The minimum absolute atomic E-state index is 0.0190. The van der Waals surface area contributed by atoms with Crippen LogP contribution in [0.2, 0.25) is 0 Å². The summed E-state index contributed by atoms with van der Waals surface area (Å²) in [5.41, 5.74) is 3.52. The molecule has 0 unspecified atom stereocenters. The number of aryl methyl sites for hydroxylation is 1. The lowest BCUT2D eigenvalue weighted by Crippen LogP contribution is -2.13. The molecule has 0 fully saturated rings. The largest absolute Gasteiger partial charge is 0.485 e. The second-order valence-corrected chi connectivity index (χ2v) is 7.19. The second-order valence-electron chi connectivity index (χ2n) is 7.19. The Kier molecular flexibility index (Phi) is 5.17. The van der Waals surface area contributed by atoms with Crippen LogP contribution in [0.15, 0.2) is 72.8 Å². The second kappa shape index (κ2) is 7.92. The van der Waals surface area contributed by atoms with Crippen molar-refractivity contribution in [2.45, 2.75) is 20.4 Å². The van der Waals surface area contributed by atoms with E-state index in [1.807, 2.05) is 62.4 Å². The van der Waals surface area contributed by atoms with Gasteiger partial charge < -0.3 is 9.30 Å². The van der Waals surface area contributed by atoms with Crippen LogP contribution in [0.5, 0.6) is 5.75 Å².